The Hall–Kier alpha value is -2.64. The maximum Gasteiger partial charge on any atom is 0.213 e. The van der Waals surface area contributed by atoms with Crippen molar-refractivity contribution in [2.45, 2.75) is 19.6 Å². The molecule has 0 amide bonds. The van der Waals surface area contributed by atoms with E-state index in [-0.39, 0.29) is 0 Å². The number of guanidine groups is 1. The van der Waals surface area contributed by atoms with Gasteiger partial charge in [0.2, 0.25) is 5.88 Å². The first kappa shape index (κ1) is 20.1. The van der Waals surface area contributed by atoms with Gasteiger partial charge in [0.05, 0.1) is 32.6 Å². The molecule has 1 aliphatic rings. The summed E-state index contributed by atoms with van der Waals surface area (Å²) in [5.41, 5.74) is 3.51. The Morgan fingerprint density at radius 3 is 2.57 bits per heavy atom. The van der Waals surface area contributed by atoms with Gasteiger partial charge in [-0.05, 0) is 17.2 Å². The monoisotopic (exact) mass is 383 g/mol. The topological polar surface area (TPSA) is 71.0 Å². The van der Waals surface area contributed by atoms with Gasteiger partial charge in [-0.1, -0.05) is 30.3 Å². The molecule has 1 aliphatic heterocycles. The molecule has 2 heterocycles. The number of aromatic nitrogens is 1. The number of ether oxygens (including phenoxy) is 2. The van der Waals surface area contributed by atoms with Crippen LogP contribution in [0, 0.1) is 0 Å². The average Bonchev–Trinajstić information content (AvgIpc) is 2.76. The molecule has 0 unspecified atom stereocenters. The van der Waals surface area contributed by atoms with Crippen LogP contribution >= 0.6 is 0 Å². The van der Waals surface area contributed by atoms with Crippen LogP contribution in [0.2, 0.25) is 0 Å². The number of rotatable bonds is 7. The Balaban J connectivity index is 1.54. The van der Waals surface area contributed by atoms with Crippen LogP contribution in [0.5, 0.6) is 5.88 Å². The second-order valence-corrected chi connectivity index (χ2v) is 6.61. The number of hydrogen-bond donors (Lipinski definition) is 2. The molecule has 0 atom stereocenters. The van der Waals surface area contributed by atoms with E-state index >= 15 is 0 Å². The van der Waals surface area contributed by atoms with E-state index < -0.39 is 0 Å². The third-order valence-electron chi connectivity index (χ3n) is 4.71. The second kappa shape index (κ2) is 10.6. The molecule has 150 valence electrons. The van der Waals surface area contributed by atoms with E-state index in [1.165, 1.54) is 11.1 Å². The molecule has 2 N–H and O–H groups in total. The van der Waals surface area contributed by atoms with Gasteiger partial charge in [-0.15, -0.1) is 0 Å². The van der Waals surface area contributed by atoms with E-state index in [4.69, 9.17) is 9.47 Å². The van der Waals surface area contributed by atoms with E-state index in [1.54, 1.807) is 14.2 Å². The zero-order valence-corrected chi connectivity index (χ0v) is 16.6. The van der Waals surface area contributed by atoms with Crippen LogP contribution in [0.25, 0.3) is 0 Å². The van der Waals surface area contributed by atoms with Crippen molar-refractivity contribution in [2.75, 3.05) is 40.5 Å². The summed E-state index contributed by atoms with van der Waals surface area (Å²) in [4.78, 5) is 11.2. The first-order valence-corrected chi connectivity index (χ1v) is 9.60. The van der Waals surface area contributed by atoms with E-state index in [0.717, 1.165) is 44.5 Å². The minimum absolute atomic E-state index is 0.576. The summed E-state index contributed by atoms with van der Waals surface area (Å²) in [5, 5.41) is 6.70. The lowest BCUT2D eigenvalue weighted by Gasteiger charge is -2.27. The quantitative estimate of drug-likeness (QED) is 0.561. The summed E-state index contributed by atoms with van der Waals surface area (Å²) in [6.07, 6.45) is 0. The fourth-order valence-corrected chi connectivity index (χ4v) is 3.13. The minimum atomic E-state index is 0.576. The van der Waals surface area contributed by atoms with Crippen molar-refractivity contribution in [2.24, 2.45) is 4.99 Å². The minimum Gasteiger partial charge on any atom is -0.481 e. The highest BCUT2D eigenvalue weighted by Gasteiger charge is 2.12. The van der Waals surface area contributed by atoms with Crippen molar-refractivity contribution in [3.63, 3.8) is 0 Å². The molecule has 0 spiro atoms. The highest BCUT2D eigenvalue weighted by atomic mass is 16.5. The lowest BCUT2D eigenvalue weighted by atomic mass is 10.1. The van der Waals surface area contributed by atoms with Crippen molar-refractivity contribution in [1.82, 2.24) is 20.5 Å². The number of pyridine rings is 1. The van der Waals surface area contributed by atoms with Gasteiger partial charge in [0.1, 0.15) is 0 Å². The molecule has 0 aliphatic carbocycles. The normalized spacial score (nSPS) is 15.3. The second-order valence-electron chi connectivity index (χ2n) is 6.61. The maximum absolute atomic E-state index is 5.45. The highest BCUT2D eigenvalue weighted by molar-refractivity contribution is 5.79. The molecular weight excluding hydrogens is 354 g/mol. The molecule has 1 saturated heterocycles. The molecule has 28 heavy (non-hydrogen) atoms. The van der Waals surface area contributed by atoms with Crippen molar-refractivity contribution in [3.05, 3.63) is 59.3 Å². The summed E-state index contributed by atoms with van der Waals surface area (Å²) in [7, 11) is 3.39. The van der Waals surface area contributed by atoms with Crippen LogP contribution < -0.4 is 15.4 Å². The van der Waals surface area contributed by atoms with Gasteiger partial charge in [-0.25, -0.2) is 4.98 Å². The summed E-state index contributed by atoms with van der Waals surface area (Å²) in [5.74, 6) is 1.35. The number of nitrogens with one attached hydrogen (secondary N) is 2. The first-order valence-electron chi connectivity index (χ1n) is 9.60. The number of methoxy groups -OCH3 is 1. The average molecular weight is 383 g/mol. The fourth-order valence-electron chi connectivity index (χ4n) is 3.13. The Labute approximate surface area is 166 Å². The summed E-state index contributed by atoms with van der Waals surface area (Å²) in [6.45, 7) is 5.83. The van der Waals surface area contributed by atoms with E-state index in [0.29, 0.717) is 19.0 Å². The largest absolute Gasteiger partial charge is 0.481 e. The predicted molar refractivity (Wildman–Crippen MR) is 110 cm³/mol. The molecular formula is C21H29N5O2. The third-order valence-corrected chi connectivity index (χ3v) is 4.71. The lowest BCUT2D eigenvalue weighted by Crippen LogP contribution is -2.37. The SMILES string of the molecule is CN=C(NCc1cccc(OC)n1)NCc1ccccc1CN1CCOCC1. The number of morpholine rings is 1. The molecule has 1 aromatic carbocycles. The molecule has 3 rings (SSSR count). The lowest BCUT2D eigenvalue weighted by molar-refractivity contribution is 0.0341. The van der Waals surface area contributed by atoms with Gasteiger partial charge < -0.3 is 20.1 Å². The van der Waals surface area contributed by atoms with Crippen molar-refractivity contribution in [3.8, 4) is 5.88 Å². The molecule has 1 fully saturated rings. The van der Waals surface area contributed by atoms with Crippen LogP contribution in [0.15, 0.2) is 47.5 Å². The van der Waals surface area contributed by atoms with Crippen molar-refractivity contribution >= 4 is 5.96 Å². The highest BCUT2D eigenvalue weighted by Crippen LogP contribution is 2.13. The zero-order valence-electron chi connectivity index (χ0n) is 16.6. The molecule has 1 aromatic heterocycles. The van der Waals surface area contributed by atoms with Crippen molar-refractivity contribution < 1.29 is 9.47 Å². The van der Waals surface area contributed by atoms with Crippen LogP contribution in [0.4, 0.5) is 0 Å². The van der Waals surface area contributed by atoms with E-state index in [1.807, 2.05) is 18.2 Å². The Kier molecular flexibility index (Phi) is 7.63. The van der Waals surface area contributed by atoms with Crippen LogP contribution in [-0.2, 0) is 24.4 Å². The number of aliphatic imine (C=N–C) groups is 1. The predicted octanol–water partition coefficient (Wildman–Crippen LogP) is 1.79. The smallest absolute Gasteiger partial charge is 0.213 e. The van der Waals surface area contributed by atoms with Crippen molar-refractivity contribution in [1.29, 1.82) is 0 Å². The van der Waals surface area contributed by atoms with E-state index in [2.05, 4.69) is 49.8 Å². The molecule has 2 aromatic rings. The summed E-state index contributed by atoms with van der Waals surface area (Å²) in [6, 6.07) is 14.3. The Morgan fingerprint density at radius 2 is 1.82 bits per heavy atom. The van der Waals surface area contributed by atoms with E-state index in [9.17, 15) is 0 Å². The Morgan fingerprint density at radius 1 is 1.07 bits per heavy atom. The van der Waals surface area contributed by atoms with Gasteiger partial charge >= 0.3 is 0 Å². The van der Waals surface area contributed by atoms with Crippen LogP contribution in [0.1, 0.15) is 16.8 Å². The number of hydrogen-bond acceptors (Lipinski definition) is 5. The van der Waals surface area contributed by atoms with Gasteiger partial charge in [0, 0.05) is 39.3 Å². The standard InChI is InChI=1S/C21H29N5O2/c1-22-21(24-15-19-8-5-9-20(25-19)27-2)23-14-17-6-3-4-7-18(17)16-26-10-12-28-13-11-26/h3-9H,10-16H2,1-2H3,(H2,22,23,24). The van der Waals surface area contributed by atoms with Gasteiger partial charge in [0.25, 0.3) is 0 Å². The maximum atomic E-state index is 5.45. The number of nitrogens with zero attached hydrogens (tertiary/aromatic N) is 3. The van der Waals surface area contributed by atoms with Crippen LogP contribution in [0.3, 0.4) is 0 Å². The molecule has 7 heteroatoms. The summed E-state index contributed by atoms with van der Waals surface area (Å²) < 4.78 is 10.6. The first-order chi connectivity index (χ1) is 13.8. The molecule has 0 saturated carbocycles. The zero-order chi connectivity index (χ0) is 19.6. The molecule has 7 nitrogen and oxygen atoms in total. The van der Waals surface area contributed by atoms with Crippen LogP contribution in [-0.4, -0.2) is 56.3 Å². The Bertz CT molecular complexity index is 775. The third kappa shape index (κ3) is 5.94. The molecule has 0 radical (unpaired) electrons. The summed E-state index contributed by atoms with van der Waals surface area (Å²) >= 11 is 0. The number of benzene rings is 1. The van der Waals surface area contributed by atoms with Gasteiger partial charge in [0.15, 0.2) is 5.96 Å². The van der Waals surface area contributed by atoms with Gasteiger partial charge in [-0.3, -0.25) is 9.89 Å². The fraction of sp³-hybridized carbons (Fsp3) is 0.429. The molecule has 0 bridgehead atoms. The van der Waals surface area contributed by atoms with Gasteiger partial charge in [-0.2, -0.15) is 0 Å².